The largest absolute Gasteiger partial charge is 0.326 e. The van der Waals surface area contributed by atoms with Gasteiger partial charge in [0.05, 0.1) is 4.34 Å². The van der Waals surface area contributed by atoms with Crippen LogP contribution in [0.1, 0.15) is 12.5 Å². The maximum Gasteiger partial charge on any atom is 0.326 e. The number of nitrogens with one attached hydrogen (secondary N) is 1. The van der Waals surface area contributed by atoms with Gasteiger partial charge in [0, 0.05) is 34.7 Å². The molecule has 0 spiro atoms. The van der Waals surface area contributed by atoms with E-state index in [9.17, 15) is 4.57 Å². The van der Waals surface area contributed by atoms with Crippen LogP contribution >= 0.6 is 52.6 Å². The van der Waals surface area contributed by atoms with Crippen molar-refractivity contribution in [3.8, 4) is 0 Å². The molecule has 0 fully saturated rings. The van der Waals surface area contributed by atoms with Gasteiger partial charge < -0.3 is 4.52 Å². The monoisotopic (exact) mass is 369 g/mol. The van der Waals surface area contributed by atoms with Crippen LogP contribution in [0, 0.1) is 0 Å². The molecule has 1 aromatic heterocycles. The standard InChI is InChI=1S/C12H14Cl2NO2PS2/c1-3-15-18(16,17-2)19-7-10-9-6-8(13)4-5-11(9)20-12(10)14/h4-6H,3,7H2,1-2H3,(H,15,16)/t18-/m1/s1. The maximum absolute atomic E-state index is 12.4. The fourth-order valence-corrected chi connectivity index (χ4v) is 6.61. The van der Waals surface area contributed by atoms with Gasteiger partial charge in [-0.2, -0.15) is 0 Å². The first kappa shape index (κ1) is 16.6. The van der Waals surface area contributed by atoms with Crippen molar-refractivity contribution in [2.24, 2.45) is 0 Å². The van der Waals surface area contributed by atoms with Gasteiger partial charge in [-0.05, 0) is 35.0 Å². The summed E-state index contributed by atoms with van der Waals surface area (Å²) in [6, 6.07) is 5.68. The van der Waals surface area contributed by atoms with Crippen molar-refractivity contribution in [1.29, 1.82) is 0 Å². The molecule has 110 valence electrons. The van der Waals surface area contributed by atoms with Crippen LogP contribution in [0.25, 0.3) is 10.1 Å². The van der Waals surface area contributed by atoms with E-state index in [1.165, 1.54) is 29.8 Å². The van der Waals surface area contributed by atoms with E-state index in [0.717, 1.165) is 15.6 Å². The molecule has 3 nitrogen and oxygen atoms in total. The Kier molecular flexibility index (Phi) is 5.83. The average molecular weight is 370 g/mol. The Morgan fingerprint density at radius 3 is 2.85 bits per heavy atom. The molecule has 0 aliphatic heterocycles. The van der Waals surface area contributed by atoms with Gasteiger partial charge in [-0.15, -0.1) is 11.3 Å². The van der Waals surface area contributed by atoms with Gasteiger partial charge in [0.25, 0.3) is 0 Å². The Morgan fingerprint density at radius 1 is 1.45 bits per heavy atom. The lowest BCUT2D eigenvalue weighted by Gasteiger charge is -2.15. The van der Waals surface area contributed by atoms with Gasteiger partial charge in [-0.3, -0.25) is 4.57 Å². The number of halogens is 2. The number of thiophene rings is 1. The zero-order valence-electron chi connectivity index (χ0n) is 11.0. The second-order valence-corrected chi connectivity index (χ2v) is 10.5. The molecule has 2 aromatic rings. The van der Waals surface area contributed by atoms with Gasteiger partial charge in [-0.25, -0.2) is 5.09 Å². The van der Waals surface area contributed by atoms with Crippen LogP contribution in [0.2, 0.25) is 9.36 Å². The minimum Gasteiger partial charge on any atom is -0.313 e. The fourth-order valence-electron chi connectivity index (χ4n) is 1.73. The molecule has 0 radical (unpaired) electrons. The molecule has 2 rings (SSSR count). The molecule has 0 saturated heterocycles. The van der Waals surface area contributed by atoms with Gasteiger partial charge in [0.1, 0.15) is 0 Å². The summed E-state index contributed by atoms with van der Waals surface area (Å²) in [6.45, 7) is -0.398. The zero-order chi connectivity index (χ0) is 14.8. The lowest BCUT2D eigenvalue weighted by atomic mass is 10.2. The van der Waals surface area contributed by atoms with Gasteiger partial charge in [-0.1, -0.05) is 30.1 Å². The molecule has 0 amide bonds. The van der Waals surface area contributed by atoms with E-state index >= 15 is 0 Å². The Morgan fingerprint density at radius 2 is 2.20 bits per heavy atom. The summed E-state index contributed by atoms with van der Waals surface area (Å²) >= 11 is 15.1. The summed E-state index contributed by atoms with van der Waals surface area (Å²) in [5.41, 5.74) is 0.953. The van der Waals surface area contributed by atoms with E-state index in [-0.39, 0.29) is 0 Å². The summed E-state index contributed by atoms with van der Waals surface area (Å²) in [7, 11) is 1.45. The highest BCUT2D eigenvalue weighted by atomic mass is 35.5. The third-order valence-electron chi connectivity index (χ3n) is 2.67. The third kappa shape index (κ3) is 3.72. The Bertz CT molecular complexity index is 662. The minimum absolute atomic E-state index is 0.511. The van der Waals surface area contributed by atoms with Crippen molar-refractivity contribution >= 4 is 62.7 Å². The Labute approximate surface area is 136 Å². The summed E-state index contributed by atoms with van der Waals surface area (Å²) in [6.07, 6.45) is 0. The minimum atomic E-state index is -2.87. The van der Waals surface area contributed by atoms with Gasteiger partial charge >= 0.3 is 6.72 Å². The summed E-state index contributed by atoms with van der Waals surface area (Å²) in [5.74, 6) is 0.511. The van der Waals surface area contributed by atoms with Crippen LogP contribution < -0.4 is 5.09 Å². The topological polar surface area (TPSA) is 38.3 Å². The predicted molar refractivity (Wildman–Crippen MR) is 91.4 cm³/mol. The molecule has 0 aliphatic rings. The maximum atomic E-state index is 12.4. The highest BCUT2D eigenvalue weighted by Gasteiger charge is 2.23. The molecule has 1 atom stereocenters. The van der Waals surface area contributed by atoms with E-state index < -0.39 is 6.72 Å². The van der Waals surface area contributed by atoms with E-state index in [1.54, 1.807) is 0 Å². The van der Waals surface area contributed by atoms with Crippen molar-refractivity contribution in [3.05, 3.63) is 33.1 Å². The summed E-state index contributed by atoms with van der Waals surface area (Å²) in [4.78, 5) is 0. The molecule has 0 aliphatic carbocycles. The first-order chi connectivity index (χ1) is 9.49. The van der Waals surface area contributed by atoms with Crippen LogP contribution in [0.5, 0.6) is 0 Å². The SMILES string of the molecule is CCN[P@@](=O)(OC)SCc1c(Cl)sc2ccc(Cl)cc12. The molecule has 1 N–H and O–H groups in total. The van der Waals surface area contributed by atoms with Crippen molar-refractivity contribution in [1.82, 2.24) is 5.09 Å². The van der Waals surface area contributed by atoms with Crippen molar-refractivity contribution in [2.75, 3.05) is 13.7 Å². The number of hydrogen-bond acceptors (Lipinski definition) is 4. The third-order valence-corrected chi connectivity index (χ3v) is 8.55. The van der Waals surface area contributed by atoms with Crippen LogP contribution in [0.3, 0.4) is 0 Å². The van der Waals surface area contributed by atoms with Gasteiger partial charge in [0.15, 0.2) is 0 Å². The van der Waals surface area contributed by atoms with Crippen molar-refractivity contribution in [3.63, 3.8) is 0 Å². The second kappa shape index (κ2) is 7.01. The van der Waals surface area contributed by atoms with E-state index in [2.05, 4.69) is 5.09 Å². The smallest absolute Gasteiger partial charge is 0.313 e. The van der Waals surface area contributed by atoms with Crippen LogP contribution in [-0.4, -0.2) is 13.7 Å². The predicted octanol–water partition coefficient (Wildman–Crippen LogP) is 5.81. The quantitative estimate of drug-likeness (QED) is 0.652. The number of hydrogen-bond donors (Lipinski definition) is 1. The molecule has 20 heavy (non-hydrogen) atoms. The normalized spacial score (nSPS) is 14.6. The average Bonchev–Trinajstić information content (AvgIpc) is 2.72. The molecule has 0 bridgehead atoms. The lowest BCUT2D eigenvalue weighted by Crippen LogP contribution is -2.08. The highest BCUT2D eigenvalue weighted by molar-refractivity contribution is 8.55. The summed E-state index contributed by atoms with van der Waals surface area (Å²) < 4.78 is 19.2. The number of rotatable bonds is 6. The van der Waals surface area contributed by atoms with Crippen LogP contribution in [-0.2, 0) is 14.8 Å². The van der Waals surface area contributed by atoms with Crippen molar-refractivity contribution in [2.45, 2.75) is 12.7 Å². The molecule has 8 heteroatoms. The Hall–Kier alpha value is 0.260. The summed E-state index contributed by atoms with van der Waals surface area (Å²) in [5, 5.41) is 4.56. The molecule has 0 saturated carbocycles. The van der Waals surface area contributed by atoms with Gasteiger partial charge in [0.2, 0.25) is 0 Å². The van der Waals surface area contributed by atoms with Crippen molar-refractivity contribution < 1.29 is 9.09 Å². The molecule has 1 heterocycles. The van der Waals surface area contributed by atoms with E-state index in [0.29, 0.717) is 21.7 Å². The lowest BCUT2D eigenvalue weighted by molar-refractivity contribution is 0.400. The zero-order valence-corrected chi connectivity index (χ0v) is 15.0. The van der Waals surface area contributed by atoms with Crippen LogP contribution in [0.15, 0.2) is 18.2 Å². The fraction of sp³-hybridized carbons (Fsp3) is 0.333. The van der Waals surface area contributed by atoms with Crippen LogP contribution in [0.4, 0.5) is 0 Å². The first-order valence-electron chi connectivity index (χ1n) is 5.91. The number of fused-ring (bicyclic) bond motifs is 1. The molecular weight excluding hydrogens is 356 g/mol. The van der Waals surface area contributed by atoms with E-state index in [4.69, 9.17) is 27.7 Å². The Balaban J connectivity index is 2.27. The highest BCUT2D eigenvalue weighted by Crippen LogP contribution is 2.57. The molecule has 0 unspecified atom stereocenters. The number of benzene rings is 1. The molecule has 1 aromatic carbocycles. The molecular formula is C12H14Cl2NO2PS2. The first-order valence-corrected chi connectivity index (χ1v) is 10.7. The van der Waals surface area contributed by atoms with E-state index in [1.807, 2.05) is 25.1 Å². The second-order valence-electron chi connectivity index (χ2n) is 3.96.